The van der Waals surface area contributed by atoms with Crippen LogP contribution in [0.15, 0.2) is 24.4 Å². The van der Waals surface area contributed by atoms with Gasteiger partial charge in [-0.25, -0.2) is 0 Å². The molecular formula is C16H27N. The van der Waals surface area contributed by atoms with Gasteiger partial charge in [0.05, 0.1) is 0 Å². The van der Waals surface area contributed by atoms with Gasteiger partial charge in [-0.05, 0) is 47.6 Å². The largest absolute Gasteiger partial charge is 0.361 e. The lowest BCUT2D eigenvalue weighted by Crippen LogP contribution is -1.91. The molecule has 0 aliphatic heterocycles. The number of hydrogen-bond donors (Lipinski definition) is 1. The quantitative estimate of drug-likeness (QED) is 0.655. The lowest BCUT2D eigenvalue weighted by molar-refractivity contribution is 0.858. The zero-order valence-electron chi connectivity index (χ0n) is 12.4. The second kappa shape index (κ2) is 7.94. The molecule has 0 amide bonds. The van der Waals surface area contributed by atoms with E-state index < -0.39 is 0 Å². The minimum atomic E-state index is 0.604. The van der Waals surface area contributed by atoms with Crippen LogP contribution in [0.25, 0.3) is 10.9 Å². The summed E-state index contributed by atoms with van der Waals surface area (Å²) >= 11 is 0. The summed E-state index contributed by atoms with van der Waals surface area (Å²) in [6.45, 7) is 14.6. The van der Waals surface area contributed by atoms with E-state index in [1.54, 1.807) is 0 Å². The van der Waals surface area contributed by atoms with Crippen molar-refractivity contribution >= 4 is 10.9 Å². The molecule has 17 heavy (non-hydrogen) atoms. The normalized spacial score (nSPS) is 9.41. The van der Waals surface area contributed by atoms with Crippen LogP contribution in [0, 0.1) is 6.92 Å². The third-order valence-corrected chi connectivity index (χ3v) is 2.56. The summed E-state index contributed by atoms with van der Waals surface area (Å²) in [4.78, 5) is 3.24. The molecule has 0 unspecified atom stereocenters. The van der Waals surface area contributed by atoms with E-state index in [9.17, 15) is 0 Å². The minimum Gasteiger partial charge on any atom is -0.361 e. The number of rotatable bonds is 1. The number of aryl methyl sites for hydroxylation is 1. The maximum atomic E-state index is 3.24. The van der Waals surface area contributed by atoms with E-state index >= 15 is 0 Å². The van der Waals surface area contributed by atoms with E-state index in [-0.39, 0.29) is 0 Å². The van der Waals surface area contributed by atoms with Crippen LogP contribution >= 0.6 is 0 Å². The molecule has 1 heterocycles. The number of fused-ring (bicyclic) bond motifs is 1. The molecule has 1 aromatic carbocycles. The average Bonchev–Trinajstić information content (AvgIpc) is 2.80. The Morgan fingerprint density at radius 1 is 1.00 bits per heavy atom. The number of aromatic nitrogens is 1. The topological polar surface area (TPSA) is 15.8 Å². The van der Waals surface area contributed by atoms with Gasteiger partial charge in [-0.1, -0.05) is 41.5 Å². The first-order valence-electron chi connectivity index (χ1n) is 6.76. The number of aromatic amines is 1. The third-order valence-electron chi connectivity index (χ3n) is 2.56. The molecule has 2 aromatic rings. The van der Waals surface area contributed by atoms with E-state index in [1.807, 2.05) is 33.9 Å². The molecule has 96 valence electrons. The highest BCUT2D eigenvalue weighted by atomic mass is 14.7. The smallest absolute Gasteiger partial charge is 0.0456 e. The lowest BCUT2D eigenvalue weighted by Gasteiger charge is -2.09. The van der Waals surface area contributed by atoms with Crippen molar-refractivity contribution in [1.29, 1.82) is 0 Å². The van der Waals surface area contributed by atoms with Crippen molar-refractivity contribution in [2.45, 2.75) is 54.4 Å². The molecule has 0 aliphatic rings. The Kier molecular flexibility index (Phi) is 7.36. The van der Waals surface area contributed by atoms with Gasteiger partial charge in [0, 0.05) is 11.7 Å². The first kappa shape index (κ1) is 15.8. The fraction of sp³-hybridized carbons (Fsp3) is 0.500. The Labute approximate surface area is 106 Å². The van der Waals surface area contributed by atoms with Crippen molar-refractivity contribution in [2.24, 2.45) is 0 Å². The molecule has 1 nitrogen and oxygen atoms in total. The van der Waals surface area contributed by atoms with Gasteiger partial charge in [-0.15, -0.1) is 0 Å². The second-order valence-electron chi connectivity index (χ2n) is 3.93. The van der Waals surface area contributed by atoms with Gasteiger partial charge in [0.2, 0.25) is 0 Å². The summed E-state index contributed by atoms with van der Waals surface area (Å²) in [6, 6.07) is 6.63. The van der Waals surface area contributed by atoms with Crippen molar-refractivity contribution < 1.29 is 0 Å². The highest BCUT2D eigenvalue weighted by Gasteiger charge is 2.05. The second-order valence-corrected chi connectivity index (χ2v) is 3.93. The summed E-state index contributed by atoms with van der Waals surface area (Å²) in [5.41, 5.74) is 4.08. The summed E-state index contributed by atoms with van der Waals surface area (Å²) in [7, 11) is 0. The first-order chi connectivity index (χ1) is 8.18. The van der Waals surface area contributed by atoms with Gasteiger partial charge in [0.25, 0.3) is 0 Å². The van der Waals surface area contributed by atoms with Gasteiger partial charge >= 0.3 is 0 Å². The van der Waals surface area contributed by atoms with Gasteiger partial charge < -0.3 is 4.98 Å². The molecule has 0 fully saturated rings. The summed E-state index contributed by atoms with van der Waals surface area (Å²) < 4.78 is 0. The predicted molar refractivity (Wildman–Crippen MR) is 79.8 cm³/mol. The zero-order chi connectivity index (χ0) is 13.4. The van der Waals surface area contributed by atoms with Crippen LogP contribution in [0.1, 0.15) is 58.6 Å². The fourth-order valence-electron chi connectivity index (χ4n) is 1.85. The maximum absolute atomic E-state index is 3.24. The fourth-order valence-corrected chi connectivity index (χ4v) is 1.85. The predicted octanol–water partition coefficient (Wildman–Crippen LogP) is 5.65. The summed E-state index contributed by atoms with van der Waals surface area (Å²) in [6.07, 6.45) is 1.99. The van der Waals surface area contributed by atoms with Crippen LogP contribution < -0.4 is 0 Å². The van der Waals surface area contributed by atoms with Gasteiger partial charge in [0.1, 0.15) is 0 Å². The number of nitrogens with one attached hydrogen (secondary N) is 1. The Morgan fingerprint density at radius 3 is 2.12 bits per heavy atom. The van der Waals surface area contributed by atoms with Crippen LogP contribution in [-0.2, 0) is 0 Å². The van der Waals surface area contributed by atoms with Crippen molar-refractivity contribution in [3.8, 4) is 0 Å². The number of hydrogen-bond acceptors (Lipinski definition) is 0. The minimum absolute atomic E-state index is 0.604. The Bertz CT molecular complexity index is 424. The lowest BCUT2D eigenvalue weighted by atomic mass is 9.97. The Hall–Kier alpha value is -1.24. The van der Waals surface area contributed by atoms with Crippen LogP contribution in [0.5, 0.6) is 0 Å². The maximum Gasteiger partial charge on any atom is 0.0456 e. The van der Waals surface area contributed by atoms with Gasteiger partial charge in [-0.2, -0.15) is 0 Å². The molecule has 1 N–H and O–H groups in total. The first-order valence-corrected chi connectivity index (χ1v) is 6.76. The van der Waals surface area contributed by atoms with Crippen molar-refractivity contribution in [3.63, 3.8) is 0 Å². The molecule has 0 saturated heterocycles. The van der Waals surface area contributed by atoms with Crippen molar-refractivity contribution in [1.82, 2.24) is 4.98 Å². The van der Waals surface area contributed by atoms with Crippen LogP contribution in [0.2, 0.25) is 0 Å². The van der Waals surface area contributed by atoms with E-state index in [4.69, 9.17) is 0 Å². The molecule has 0 radical (unpaired) electrons. The van der Waals surface area contributed by atoms with Crippen LogP contribution in [-0.4, -0.2) is 4.98 Å². The molecular weight excluding hydrogens is 206 g/mol. The molecule has 0 saturated carbocycles. The van der Waals surface area contributed by atoms with E-state index in [2.05, 4.69) is 44.0 Å². The standard InChI is InChI=1S/C12H15N.2C2H6/c1-8(2)11-7-12-10(4-5-13-12)6-9(11)3;2*1-2/h4-8,13H,1-3H3;2*1-2H3. The molecule has 0 bridgehead atoms. The van der Waals surface area contributed by atoms with E-state index in [1.165, 1.54) is 22.0 Å². The van der Waals surface area contributed by atoms with E-state index in [0.29, 0.717) is 5.92 Å². The average molecular weight is 233 g/mol. The molecule has 1 aromatic heterocycles. The van der Waals surface area contributed by atoms with Crippen LogP contribution in [0.4, 0.5) is 0 Å². The van der Waals surface area contributed by atoms with Crippen LogP contribution in [0.3, 0.4) is 0 Å². The highest BCUT2D eigenvalue weighted by molar-refractivity contribution is 5.81. The Balaban J connectivity index is 0.000000581. The summed E-state index contributed by atoms with van der Waals surface area (Å²) in [5.74, 6) is 0.604. The SMILES string of the molecule is CC.CC.Cc1cc2cc[nH]c2cc1C(C)C. The van der Waals surface area contributed by atoms with Gasteiger partial charge in [0.15, 0.2) is 0 Å². The molecule has 1 heteroatoms. The molecule has 0 atom stereocenters. The monoisotopic (exact) mass is 233 g/mol. The van der Waals surface area contributed by atoms with Gasteiger partial charge in [-0.3, -0.25) is 0 Å². The molecule has 0 aliphatic carbocycles. The zero-order valence-corrected chi connectivity index (χ0v) is 12.4. The van der Waals surface area contributed by atoms with E-state index in [0.717, 1.165) is 0 Å². The highest BCUT2D eigenvalue weighted by Crippen LogP contribution is 2.24. The number of benzene rings is 1. The number of H-pyrrole nitrogens is 1. The molecule has 2 rings (SSSR count). The molecule has 0 spiro atoms. The van der Waals surface area contributed by atoms with Crippen molar-refractivity contribution in [3.05, 3.63) is 35.5 Å². The summed E-state index contributed by atoms with van der Waals surface area (Å²) in [5, 5.41) is 1.31. The third kappa shape index (κ3) is 3.92. The van der Waals surface area contributed by atoms with Crippen molar-refractivity contribution in [2.75, 3.05) is 0 Å². The Morgan fingerprint density at radius 2 is 1.59 bits per heavy atom.